The van der Waals surface area contributed by atoms with Crippen LogP contribution in [0.3, 0.4) is 0 Å². The fraction of sp³-hybridized carbons (Fsp3) is 0.0909. The fourth-order valence-electron chi connectivity index (χ4n) is 2.77. The lowest BCUT2D eigenvalue weighted by atomic mass is 10.2. The number of ether oxygens (including phenoxy) is 1. The Morgan fingerprint density at radius 3 is 2.73 bits per heavy atom. The number of nitro benzene ring substituents is 1. The molecule has 3 aromatic rings. The van der Waals surface area contributed by atoms with Crippen LogP contribution in [-0.2, 0) is 4.79 Å². The average molecular weight is 463 g/mol. The highest BCUT2D eigenvalue weighted by molar-refractivity contribution is 8.00. The van der Waals surface area contributed by atoms with E-state index in [-0.39, 0.29) is 33.7 Å². The second-order valence-corrected chi connectivity index (χ2v) is 7.70. The Kier molecular flexibility index (Phi) is 7.22. The number of nitrogens with two attached hydrogens (primary N) is 1. The highest BCUT2D eigenvalue weighted by Gasteiger charge is 2.18. The van der Waals surface area contributed by atoms with Crippen LogP contribution in [0.4, 0.5) is 11.4 Å². The van der Waals surface area contributed by atoms with Crippen molar-refractivity contribution in [2.24, 2.45) is 5.73 Å². The number of nitriles is 1. The van der Waals surface area contributed by atoms with E-state index in [2.05, 4.69) is 10.3 Å². The molecule has 3 rings (SSSR count). The van der Waals surface area contributed by atoms with Crippen LogP contribution in [0, 0.1) is 28.4 Å². The fourth-order valence-corrected chi connectivity index (χ4v) is 3.58. The topological polar surface area (TPSA) is 161 Å². The molecule has 0 atom stereocenters. The number of carbonyl (C=O) groups excluding carboxylic acids is 2. The number of carbonyl (C=O) groups is 2. The third-order valence-corrected chi connectivity index (χ3v) is 5.44. The van der Waals surface area contributed by atoms with Crippen molar-refractivity contribution >= 4 is 35.0 Å². The van der Waals surface area contributed by atoms with Gasteiger partial charge in [-0.25, -0.2) is 4.98 Å². The standard InChI is InChI=1S/C22H17N5O5S/c1-13-9-16(32-22-15(11-23)3-2-8-25-22)5-6-17(13)26-20(28)12-33-19-7-4-14(21(24)29)10-18(19)27(30)31/h2-10H,12H2,1H3,(H2,24,29)(H,26,28). The molecule has 0 aliphatic rings. The molecule has 0 aliphatic carbocycles. The van der Waals surface area contributed by atoms with Crippen molar-refractivity contribution in [1.29, 1.82) is 5.26 Å². The minimum absolute atomic E-state index is 0.0148. The molecule has 0 saturated heterocycles. The summed E-state index contributed by atoms with van der Waals surface area (Å²) in [5.41, 5.74) is 6.42. The summed E-state index contributed by atoms with van der Waals surface area (Å²) in [6.45, 7) is 1.77. The van der Waals surface area contributed by atoms with Gasteiger partial charge >= 0.3 is 0 Å². The Balaban J connectivity index is 1.66. The van der Waals surface area contributed by atoms with Gasteiger partial charge in [0, 0.05) is 23.5 Å². The van der Waals surface area contributed by atoms with Crippen LogP contribution in [-0.4, -0.2) is 27.5 Å². The van der Waals surface area contributed by atoms with Crippen LogP contribution >= 0.6 is 11.8 Å². The van der Waals surface area contributed by atoms with Crippen molar-refractivity contribution < 1.29 is 19.2 Å². The third kappa shape index (κ3) is 5.84. The lowest BCUT2D eigenvalue weighted by Crippen LogP contribution is -2.15. The number of primary amides is 1. The van der Waals surface area contributed by atoms with Gasteiger partial charge in [0.1, 0.15) is 17.4 Å². The maximum absolute atomic E-state index is 12.4. The van der Waals surface area contributed by atoms with E-state index in [4.69, 9.17) is 15.7 Å². The zero-order valence-electron chi connectivity index (χ0n) is 17.3. The van der Waals surface area contributed by atoms with E-state index in [1.807, 2.05) is 6.07 Å². The molecule has 0 unspecified atom stereocenters. The molecule has 0 fully saturated rings. The number of aromatic nitrogens is 1. The van der Waals surface area contributed by atoms with Crippen LogP contribution in [0.15, 0.2) is 59.6 Å². The van der Waals surface area contributed by atoms with Crippen LogP contribution < -0.4 is 15.8 Å². The van der Waals surface area contributed by atoms with Gasteiger partial charge in [0.05, 0.1) is 15.6 Å². The molecule has 33 heavy (non-hydrogen) atoms. The Morgan fingerprint density at radius 2 is 2.06 bits per heavy atom. The molecule has 10 nitrogen and oxygen atoms in total. The normalized spacial score (nSPS) is 10.2. The number of hydrogen-bond acceptors (Lipinski definition) is 8. The molecule has 2 amide bonds. The second-order valence-electron chi connectivity index (χ2n) is 6.69. The molecule has 0 bridgehead atoms. The summed E-state index contributed by atoms with van der Waals surface area (Å²) in [5, 5.41) is 23.2. The predicted octanol–water partition coefficient (Wildman–Crippen LogP) is 3.79. The number of anilines is 1. The first-order chi connectivity index (χ1) is 15.8. The van der Waals surface area contributed by atoms with E-state index in [1.165, 1.54) is 18.3 Å². The highest BCUT2D eigenvalue weighted by Crippen LogP contribution is 2.31. The van der Waals surface area contributed by atoms with E-state index < -0.39 is 10.8 Å². The summed E-state index contributed by atoms with van der Waals surface area (Å²) in [4.78, 5) is 38.6. The first-order valence-corrected chi connectivity index (χ1v) is 10.4. The molecule has 3 N–H and O–H groups in total. The van der Waals surface area contributed by atoms with E-state index in [1.54, 1.807) is 37.3 Å². The molecule has 166 valence electrons. The quantitative estimate of drug-likeness (QED) is 0.290. The summed E-state index contributed by atoms with van der Waals surface area (Å²) in [7, 11) is 0. The molecule has 1 aromatic heterocycles. The number of nitrogens with zero attached hydrogens (tertiary/aromatic N) is 3. The lowest BCUT2D eigenvalue weighted by Gasteiger charge is -2.11. The minimum Gasteiger partial charge on any atom is -0.438 e. The maximum Gasteiger partial charge on any atom is 0.283 e. The molecule has 0 aliphatic heterocycles. The van der Waals surface area contributed by atoms with Crippen molar-refractivity contribution in [1.82, 2.24) is 4.98 Å². The van der Waals surface area contributed by atoms with Crippen molar-refractivity contribution in [2.45, 2.75) is 11.8 Å². The summed E-state index contributed by atoms with van der Waals surface area (Å²) in [6.07, 6.45) is 1.51. The third-order valence-electron chi connectivity index (χ3n) is 4.38. The van der Waals surface area contributed by atoms with Gasteiger partial charge < -0.3 is 15.8 Å². The van der Waals surface area contributed by atoms with Gasteiger partial charge in [-0.3, -0.25) is 19.7 Å². The molecular formula is C22H17N5O5S. The Hall–Kier alpha value is -4.43. The average Bonchev–Trinajstić information content (AvgIpc) is 2.79. The molecule has 11 heteroatoms. The number of aryl methyl sites for hydroxylation is 1. The Morgan fingerprint density at radius 1 is 1.27 bits per heavy atom. The maximum atomic E-state index is 12.4. The number of benzene rings is 2. The number of hydrogen-bond donors (Lipinski definition) is 2. The van der Waals surface area contributed by atoms with Gasteiger partial charge in [-0.05, 0) is 55.0 Å². The van der Waals surface area contributed by atoms with Crippen LogP contribution in [0.5, 0.6) is 11.6 Å². The van der Waals surface area contributed by atoms with Crippen LogP contribution in [0.2, 0.25) is 0 Å². The highest BCUT2D eigenvalue weighted by atomic mass is 32.2. The van der Waals surface area contributed by atoms with Crippen molar-refractivity contribution in [3.63, 3.8) is 0 Å². The summed E-state index contributed by atoms with van der Waals surface area (Å²) in [5.74, 6) is -0.617. The number of amides is 2. The number of pyridine rings is 1. The first-order valence-electron chi connectivity index (χ1n) is 9.43. The number of nitro groups is 1. The van der Waals surface area contributed by atoms with Crippen molar-refractivity contribution in [2.75, 3.05) is 11.1 Å². The monoisotopic (exact) mass is 463 g/mol. The van der Waals surface area contributed by atoms with Gasteiger partial charge in [-0.1, -0.05) is 0 Å². The van der Waals surface area contributed by atoms with Gasteiger partial charge in [-0.15, -0.1) is 11.8 Å². The summed E-state index contributed by atoms with van der Waals surface area (Å²) in [6, 6.07) is 14.0. The Labute approximate surface area is 192 Å². The van der Waals surface area contributed by atoms with Crippen molar-refractivity contribution in [3.05, 3.63) is 81.5 Å². The summed E-state index contributed by atoms with van der Waals surface area (Å²) < 4.78 is 5.66. The van der Waals surface area contributed by atoms with Crippen LogP contribution in [0.1, 0.15) is 21.5 Å². The van der Waals surface area contributed by atoms with Crippen LogP contribution in [0.25, 0.3) is 0 Å². The van der Waals surface area contributed by atoms with Gasteiger partial charge in [-0.2, -0.15) is 5.26 Å². The summed E-state index contributed by atoms with van der Waals surface area (Å²) >= 11 is 0.969. The van der Waals surface area contributed by atoms with Gasteiger partial charge in [0.2, 0.25) is 17.7 Å². The van der Waals surface area contributed by atoms with Gasteiger partial charge in [0.15, 0.2) is 0 Å². The second kappa shape index (κ2) is 10.3. The van der Waals surface area contributed by atoms with E-state index in [0.717, 1.165) is 17.8 Å². The largest absolute Gasteiger partial charge is 0.438 e. The first kappa shape index (κ1) is 23.2. The zero-order valence-corrected chi connectivity index (χ0v) is 18.1. The molecule has 0 saturated carbocycles. The Bertz CT molecular complexity index is 1290. The van der Waals surface area contributed by atoms with Gasteiger partial charge in [0.25, 0.3) is 5.69 Å². The molecule has 2 aromatic carbocycles. The van der Waals surface area contributed by atoms with E-state index in [0.29, 0.717) is 22.6 Å². The van der Waals surface area contributed by atoms with Crippen molar-refractivity contribution in [3.8, 4) is 17.7 Å². The van der Waals surface area contributed by atoms with E-state index in [9.17, 15) is 19.7 Å². The SMILES string of the molecule is Cc1cc(Oc2ncccc2C#N)ccc1NC(=O)CSc1ccc(C(N)=O)cc1[N+](=O)[O-]. The molecule has 1 heterocycles. The number of nitrogens with one attached hydrogen (secondary N) is 1. The smallest absolute Gasteiger partial charge is 0.283 e. The number of thioether (sulfide) groups is 1. The van der Waals surface area contributed by atoms with E-state index >= 15 is 0 Å². The zero-order chi connectivity index (χ0) is 24.0. The number of rotatable bonds is 8. The minimum atomic E-state index is -0.776. The molecule has 0 spiro atoms. The molecular weight excluding hydrogens is 446 g/mol. The molecule has 0 radical (unpaired) electrons. The predicted molar refractivity (Wildman–Crippen MR) is 121 cm³/mol. The lowest BCUT2D eigenvalue weighted by molar-refractivity contribution is -0.387.